The van der Waals surface area contributed by atoms with E-state index in [2.05, 4.69) is 33.4 Å². The van der Waals surface area contributed by atoms with Crippen LogP contribution in [-0.4, -0.2) is 11.2 Å². The normalized spacial score (nSPS) is 16.8. The van der Waals surface area contributed by atoms with Gasteiger partial charge in [0.15, 0.2) is 0 Å². The lowest BCUT2D eigenvalue weighted by Gasteiger charge is -2.12. The van der Waals surface area contributed by atoms with Crippen molar-refractivity contribution in [1.82, 2.24) is 0 Å². The molecule has 1 N–H and O–H groups in total. The molecule has 0 aromatic heterocycles. The van der Waals surface area contributed by atoms with Gasteiger partial charge >= 0.3 is 0 Å². The molecule has 1 unspecified atom stereocenters. The topological polar surface area (TPSA) is 29.1 Å². The van der Waals surface area contributed by atoms with Crippen LogP contribution in [0.1, 0.15) is 11.1 Å². The zero-order valence-electron chi connectivity index (χ0n) is 11.0. The van der Waals surface area contributed by atoms with Gasteiger partial charge in [-0.3, -0.25) is 4.79 Å². The predicted octanol–water partition coefficient (Wildman–Crippen LogP) is 4.41. The average Bonchev–Trinajstić information content (AvgIpc) is 2.87. The second kappa shape index (κ2) is 5.62. The number of aryl methyl sites for hydroxylation is 1. The molecule has 102 valence electrons. The largest absolute Gasteiger partial charge is 0.324 e. The van der Waals surface area contributed by atoms with E-state index >= 15 is 0 Å². The maximum atomic E-state index is 12.4. The van der Waals surface area contributed by atoms with E-state index < -0.39 is 0 Å². The van der Waals surface area contributed by atoms with Crippen molar-refractivity contribution in [3.8, 4) is 0 Å². The van der Waals surface area contributed by atoms with Crippen LogP contribution in [0.5, 0.6) is 0 Å². The third kappa shape index (κ3) is 2.76. The van der Waals surface area contributed by atoms with Crippen molar-refractivity contribution >= 4 is 39.3 Å². The van der Waals surface area contributed by atoms with Crippen molar-refractivity contribution in [2.45, 2.75) is 23.5 Å². The molecule has 0 saturated heterocycles. The van der Waals surface area contributed by atoms with Crippen LogP contribution >= 0.6 is 27.7 Å². The third-order valence-electron chi connectivity index (χ3n) is 3.32. The van der Waals surface area contributed by atoms with Gasteiger partial charge in [-0.25, -0.2) is 0 Å². The second-order valence-electron chi connectivity index (χ2n) is 4.89. The molecule has 1 aliphatic rings. The molecule has 1 aliphatic heterocycles. The van der Waals surface area contributed by atoms with Gasteiger partial charge in [0.1, 0.15) is 0 Å². The van der Waals surface area contributed by atoms with Crippen LogP contribution in [0, 0.1) is 6.92 Å². The predicted molar refractivity (Wildman–Crippen MR) is 87.3 cm³/mol. The fourth-order valence-electron chi connectivity index (χ4n) is 2.28. The molecule has 0 saturated carbocycles. The zero-order valence-corrected chi connectivity index (χ0v) is 13.4. The van der Waals surface area contributed by atoms with Crippen LogP contribution in [0.2, 0.25) is 0 Å². The highest BCUT2D eigenvalue weighted by atomic mass is 79.9. The lowest BCUT2D eigenvalue weighted by molar-refractivity contribution is -0.115. The molecule has 0 fully saturated rings. The van der Waals surface area contributed by atoms with Crippen molar-refractivity contribution in [3.05, 3.63) is 58.1 Å². The minimum absolute atomic E-state index is 0.0418. The summed E-state index contributed by atoms with van der Waals surface area (Å²) in [6.07, 6.45) is 0.802. The van der Waals surface area contributed by atoms with Crippen LogP contribution in [-0.2, 0) is 11.2 Å². The van der Waals surface area contributed by atoms with E-state index in [1.54, 1.807) is 11.8 Å². The molecule has 0 bridgehead atoms. The first kappa shape index (κ1) is 13.7. The molecule has 3 rings (SSSR count). The summed E-state index contributed by atoms with van der Waals surface area (Å²) in [6.45, 7) is 2.02. The van der Waals surface area contributed by atoms with Crippen LogP contribution in [0.4, 0.5) is 5.69 Å². The number of anilines is 1. The number of amides is 1. The van der Waals surface area contributed by atoms with Gasteiger partial charge in [-0.1, -0.05) is 24.3 Å². The number of halogens is 1. The van der Waals surface area contributed by atoms with Gasteiger partial charge in [0.25, 0.3) is 0 Å². The smallest absolute Gasteiger partial charge is 0.238 e. The first-order valence-corrected chi connectivity index (χ1v) is 8.12. The highest BCUT2D eigenvalue weighted by molar-refractivity contribution is 9.10. The lowest BCUT2D eigenvalue weighted by Crippen LogP contribution is -2.24. The van der Waals surface area contributed by atoms with E-state index in [0.717, 1.165) is 22.1 Å². The van der Waals surface area contributed by atoms with E-state index in [-0.39, 0.29) is 11.2 Å². The number of rotatable bonds is 2. The molecular formula is C16H14BrNOS. The average molecular weight is 348 g/mol. The Hall–Kier alpha value is -1.26. The molecule has 2 nitrogen and oxygen atoms in total. The highest BCUT2D eigenvalue weighted by Crippen LogP contribution is 2.37. The first-order chi connectivity index (χ1) is 9.63. The monoisotopic (exact) mass is 347 g/mol. The number of benzene rings is 2. The molecule has 0 spiro atoms. The Morgan fingerprint density at radius 3 is 2.90 bits per heavy atom. The Bertz CT molecular complexity index is 646. The van der Waals surface area contributed by atoms with E-state index in [9.17, 15) is 4.79 Å². The number of thioether (sulfide) groups is 1. The minimum Gasteiger partial charge on any atom is -0.324 e. The van der Waals surface area contributed by atoms with E-state index in [4.69, 9.17) is 0 Å². The summed E-state index contributed by atoms with van der Waals surface area (Å²) in [4.78, 5) is 13.6. The molecule has 1 amide bonds. The van der Waals surface area contributed by atoms with Crippen LogP contribution in [0.25, 0.3) is 0 Å². The zero-order chi connectivity index (χ0) is 14.1. The Labute approximate surface area is 131 Å². The van der Waals surface area contributed by atoms with Crippen LogP contribution < -0.4 is 5.32 Å². The summed E-state index contributed by atoms with van der Waals surface area (Å²) in [6, 6.07) is 14.2. The number of nitrogens with one attached hydrogen (secondary N) is 1. The molecule has 1 atom stereocenters. The quantitative estimate of drug-likeness (QED) is 0.871. The summed E-state index contributed by atoms with van der Waals surface area (Å²) in [7, 11) is 0. The first-order valence-electron chi connectivity index (χ1n) is 6.45. The fraction of sp³-hybridized carbons (Fsp3) is 0.188. The molecular weight excluding hydrogens is 334 g/mol. The van der Waals surface area contributed by atoms with Crippen LogP contribution in [0.15, 0.2) is 51.8 Å². The number of carbonyl (C=O) groups is 1. The van der Waals surface area contributed by atoms with Gasteiger partial charge in [0.05, 0.1) is 10.9 Å². The molecule has 2 aromatic rings. The number of hydrogen-bond acceptors (Lipinski definition) is 2. The van der Waals surface area contributed by atoms with Crippen LogP contribution in [0.3, 0.4) is 0 Å². The van der Waals surface area contributed by atoms with Gasteiger partial charge in [-0.15, -0.1) is 11.8 Å². The van der Waals surface area contributed by atoms with Crippen molar-refractivity contribution in [2.24, 2.45) is 0 Å². The molecule has 0 aliphatic carbocycles. The highest BCUT2D eigenvalue weighted by Gasteiger charge is 2.28. The minimum atomic E-state index is -0.0418. The van der Waals surface area contributed by atoms with Crippen molar-refractivity contribution < 1.29 is 4.79 Å². The van der Waals surface area contributed by atoms with Gasteiger partial charge in [0.2, 0.25) is 5.91 Å². The third-order valence-corrected chi connectivity index (χ3v) is 5.33. The molecule has 0 radical (unpaired) electrons. The van der Waals surface area contributed by atoms with Crippen molar-refractivity contribution in [3.63, 3.8) is 0 Å². The van der Waals surface area contributed by atoms with Crippen molar-refractivity contribution in [2.75, 3.05) is 5.32 Å². The molecule has 20 heavy (non-hydrogen) atoms. The van der Waals surface area contributed by atoms with Gasteiger partial charge in [-0.2, -0.15) is 0 Å². The standard InChI is InChI=1S/C16H14BrNOS/c1-10-6-7-12(17)13(8-10)18-16(19)15-9-11-4-2-3-5-14(11)20-15/h2-8,15H,9H2,1H3,(H,18,19). The van der Waals surface area contributed by atoms with E-state index in [1.165, 1.54) is 10.5 Å². The molecule has 4 heteroatoms. The van der Waals surface area contributed by atoms with Gasteiger partial charge < -0.3 is 5.32 Å². The summed E-state index contributed by atoms with van der Waals surface area (Å²) in [5.41, 5.74) is 3.23. The number of fused-ring (bicyclic) bond motifs is 1. The molecule has 2 aromatic carbocycles. The van der Waals surface area contributed by atoms with Gasteiger partial charge in [0, 0.05) is 9.37 Å². The Kier molecular flexibility index (Phi) is 3.85. The molecule has 1 heterocycles. The Balaban J connectivity index is 1.74. The fourth-order valence-corrected chi connectivity index (χ4v) is 3.82. The van der Waals surface area contributed by atoms with Crippen molar-refractivity contribution in [1.29, 1.82) is 0 Å². The van der Waals surface area contributed by atoms with E-state index in [1.807, 2.05) is 37.3 Å². The maximum Gasteiger partial charge on any atom is 0.238 e. The lowest BCUT2D eigenvalue weighted by atomic mass is 10.1. The SMILES string of the molecule is Cc1ccc(Br)c(NC(=O)C2Cc3ccccc3S2)c1. The van der Waals surface area contributed by atoms with Gasteiger partial charge in [-0.05, 0) is 58.6 Å². The number of carbonyl (C=O) groups excluding carboxylic acids is 1. The summed E-state index contributed by atoms with van der Waals surface area (Å²) in [5, 5.41) is 2.98. The summed E-state index contributed by atoms with van der Waals surface area (Å²) >= 11 is 5.12. The summed E-state index contributed by atoms with van der Waals surface area (Å²) < 4.78 is 0.914. The Morgan fingerprint density at radius 1 is 1.30 bits per heavy atom. The number of hydrogen-bond donors (Lipinski definition) is 1. The van der Waals surface area contributed by atoms with E-state index in [0.29, 0.717) is 0 Å². The maximum absolute atomic E-state index is 12.4. The second-order valence-corrected chi connectivity index (χ2v) is 6.99. The summed E-state index contributed by atoms with van der Waals surface area (Å²) in [5.74, 6) is 0.0671. The Morgan fingerprint density at radius 2 is 2.10 bits per heavy atom.